The van der Waals surface area contributed by atoms with Gasteiger partial charge in [-0.05, 0) is 18.4 Å². The van der Waals surface area contributed by atoms with Crippen LogP contribution in [-0.4, -0.2) is 36.6 Å². The zero-order valence-electron chi connectivity index (χ0n) is 8.95. The van der Waals surface area contributed by atoms with Gasteiger partial charge < -0.3 is 5.11 Å². The van der Waals surface area contributed by atoms with E-state index in [0.29, 0.717) is 0 Å². The highest BCUT2D eigenvalue weighted by Gasteiger charge is 2.27. The van der Waals surface area contributed by atoms with E-state index in [2.05, 4.69) is 0 Å². The van der Waals surface area contributed by atoms with Gasteiger partial charge >= 0.3 is 5.97 Å². The number of nitrogens with zero attached hydrogens (tertiary/aromatic N) is 1. The van der Waals surface area contributed by atoms with Crippen molar-refractivity contribution in [3.05, 3.63) is 22.4 Å². The SMILES string of the molecule is CC(c1cccs1)N(C)S(=O)(=O)CC(=O)O. The van der Waals surface area contributed by atoms with E-state index in [-0.39, 0.29) is 6.04 Å². The maximum atomic E-state index is 11.6. The lowest BCUT2D eigenvalue weighted by molar-refractivity contribution is -0.134. The summed E-state index contributed by atoms with van der Waals surface area (Å²) in [6, 6.07) is 3.31. The summed E-state index contributed by atoms with van der Waals surface area (Å²) in [6.07, 6.45) is 0. The van der Waals surface area contributed by atoms with Gasteiger partial charge in [0.2, 0.25) is 10.0 Å². The van der Waals surface area contributed by atoms with E-state index in [1.165, 1.54) is 18.4 Å². The standard InChI is InChI=1S/C9H13NO4S2/c1-7(8-4-3-5-15-8)10(2)16(13,14)6-9(11)12/h3-5,7H,6H2,1-2H3,(H,11,12). The Labute approximate surface area is 98.4 Å². The second-order valence-corrected chi connectivity index (χ2v) is 6.37. The summed E-state index contributed by atoms with van der Waals surface area (Å²) in [7, 11) is -2.35. The Balaban J connectivity index is 2.85. The molecule has 1 unspecified atom stereocenters. The molecule has 1 atom stereocenters. The van der Waals surface area contributed by atoms with Crippen molar-refractivity contribution < 1.29 is 18.3 Å². The number of hydrogen-bond acceptors (Lipinski definition) is 4. The summed E-state index contributed by atoms with van der Waals surface area (Å²) < 4.78 is 24.3. The molecule has 0 saturated carbocycles. The minimum absolute atomic E-state index is 0.343. The summed E-state index contributed by atoms with van der Waals surface area (Å²) in [6.45, 7) is 1.73. The van der Waals surface area contributed by atoms with Crippen LogP contribution in [0.2, 0.25) is 0 Å². The van der Waals surface area contributed by atoms with Gasteiger partial charge in [-0.3, -0.25) is 4.79 Å². The Morgan fingerprint density at radius 1 is 1.62 bits per heavy atom. The van der Waals surface area contributed by atoms with Crippen molar-refractivity contribution in [1.29, 1.82) is 0 Å². The molecule has 1 heterocycles. The van der Waals surface area contributed by atoms with Crippen LogP contribution < -0.4 is 0 Å². The number of aliphatic carboxylic acids is 1. The molecule has 1 aromatic rings. The number of rotatable bonds is 5. The first-order valence-corrected chi connectivity index (χ1v) is 7.04. The molecule has 0 aliphatic carbocycles. The Morgan fingerprint density at radius 2 is 2.25 bits per heavy atom. The average Bonchev–Trinajstić information content (AvgIpc) is 2.66. The molecule has 7 heteroatoms. The van der Waals surface area contributed by atoms with Gasteiger partial charge in [-0.15, -0.1) is 11.3 Å². The van der Waals surface area contributed by atoms with Crippen LogP contribution >= 0.6 is 11.3 Å². The average molecular weight is 263 g/mol. The number of hydrogen-bond donors (Lipinski definition) is 1. The van der Waals surface area contributed by atoms with E-state index < -0.39 is 21.7 Å². The maximum absolute atomic E-state index is 11.6. The molecule has 1 N–H and O–H groups in total. The van der Waals surface area contributed by atoms with Gasteiger partial charge in [-0.2, -0.15) is 4.31 Å². The highest BCUT2D eigenvalue weighted by Crippen LogP contribution is 2.25. The van der Waals surface area contributed by atoms with E-state index in [1.54, 1.807) is 6.92 Å². The van der Waals surface area contributed by atoms with E-state index >= 15 is 0 Å². The minimum Gasteiger partial charge on any atom is -0.480 e. The van der Waals surface area contributed by atoms with E-state index in [4.69, 9.17) is 5.11 Å². The smallest absolute Gasteiger partial charge is 0.320 e. The van der Waals surface area contributed by atoms with Crippen LogP contribution in [0.3, 0.4) is 0 Å². The van der Waals surface area contributed by atoms with Crippen LogP contribution in [0.5, 0.6) is 0 Å². The Bertz CT molecular complexity index is 452. The molecule has 0 bridgehead atoms. The zero-order chi connectivity index (χ0) is 12.3. The third-order valence-corrected chi connectivity index (χ3v) is 5.09. The molecule has 0 radical (unpaired) electrons. The van der Waals surface area contributed by atoms with Crippen molar-refractivity contribution in [3.63, 3.8) is 0 Å². The fraction of sp³-hybridized carbons (Fsp3) is 0.444. The summed E-state index contributed by atoms with van der Waals surface area (Å²) in [5.41, 5.74) is 0. The molecule has 16 heavy (non-hydrogen) atoms. The molecule has 1 rings (SSSR count). The van der Waals surface area contributed by atoms with Crippen molar-refractivity contribution in [2.45, 2.75) is 13.0 Å². The Morgan fingerprint density at radius 3 is 2.69 bits per heavy atom. The van der Waals surface area contributed by atoms with Crippen LogP contribution in [0, 0.1) is 0 Å². The van der Waals surface area contributed by atoms with Gasteiger partial charge in [0.1, 0.15) is 0 Å². The lowest BCUT2D eigenvalue weighted by Crippen LogP contribution is -2.33. The van der Waals surface area contributed by atoms with Gasteiger partial charge in [0.15, 0.2) is 5.75 Å². The molecule has 0 fully saturated rings. The normalized spacial score (nSPS) is 13.9. The van der Waals surface area contributed by atoms with Crippen molar-refractivity contribution in [3.8, 4) is 0 Å². The quantitative estimate of drug-likeness (QED) is 0.865. The van der Waals surface area contributed by atoms with Crippen LogP contribution in [0.15, 0.2) is 17.5 Å². The first-order valence-electron chi connectivity index (χ1n) is 4.55. The molecule has 0 spiro atoms. The summed E-state index contributed by atoms with van der Waals surface area (Å²) >= 11 is 1.44. The van der Waals surface area contributed by atoms with Crippen molar-refractivity contribution in [1.82, 2.24) is 4.31 Å². The van der Waals surface area contributed by atoms with E-state index in [9.17, 15) is 13.2 Å². The lowest BCUT2D eigenvalue weighted by Gasteiger charge is -2.22. The molecule has 5 nitrogen and oxygen atoms in total. The fourth-order valence-electron chi connectivity index (χ4n) is 1.21. The predicted octanol–water partition coefficient (Wildman–Crippen LogP) is 1.16. The molecule has 1 aromatic heterocycles. The summed E-state index contributed by atoms with van der Waals surface area (Å²) in [5, 5.41) is 10.4. The van der Waals surface area contributed by atoms with Gasteiger partial charge in [0, 0.05) is 11.9 Å². The number of carboxylic acid groups (broad SMARTS) is 1. The lowest BCUT2D eigenvalue weighted by atomic mass is 10.3. The van der Waals surface area contributed by atoms with Gasteiger partial charge in [-0.25, -0.2) is 8.42 Å². The first-order chi connectivity index (χ1) is 7.34. The number of carbonyl (C=O) groups is 1. The van der Waals surface area contributed by atoms with Crippen molar-refractivity contribution in [2.24, 2.45) is 0 Å². The highest BCUT2D eigenvalue weighted by atomic mass is 32.2. The Hall–Kier alpha value is -0.920. The number of carboxylic acids is 1. The van der Waals surface area contributed by atoms with Gasteiger partial charge in [0.05, 0.1) is 6.04 Å². The minimum atomic E-state index is -3.74. The third kappa shape index (κ3) is 3.03. The molecular formula is C9H13NO4S2. The molecule has 0 aromatic carbocycles. The first kappa shape index (κ1) is 13.1. The molecule has 90 valence electrons. The molecular weight excluding hydrogens is 250 g/mol. The topological polar surface area (TPSA) is 74.7 Å². The van der Waals surface area contributed by atoms with Crippen LogP contribution in [0.1, 0.15) is 17.8 Å². The zero-order valence-corrected chi connectivity index (χ0v) is 10.6. The summed E-state index contributed by atoms with van der Waals surface area (Å²) in [5.74, 6) is -2.22. The highest BCUT2D eigenvalue weighted by molar-refractivity contribution is 7.89. The predicted molar refractivity (Wildman–Crippen MR) is 61.9 cm³/mol. The third-order valence-electron chi connectivity index (χ3n) is 2.25. The Kier molecular flexibility index (Phi) is 4.06. The van der Waals surface area contributed by atoms with Gasteiger partial charge in [-0.1, -0.05) is 6.07 Å². The molecule has 0 amide bonds. The second-order valence-electron chi connectivity index (χ2n) is 3.36. The van der Waals surface area contributed by atoms with Crippen LogP contribution in [0.4, 0.5) is 0 Å². The monoisotopic (exact) mass is 263 g/mol. The van der Waals surface area contributed by atoms with Crippen molar-refractivity contribution >= 4 is 27.3 Å². The molecule has 0 aliphatic heterocycles. The summed E-state index contributed by atoms with van der Waals surface area (Å²) in [4.78, 5) is 11.3. The van der Waals surface area contributed by atoms with E-state index in [0.717, 1.165) is 9.18 Å². The molecule has 0 aliphatic rings. The van der Waals surface area contributed by atoms with Crippen LogP contribution in [-0.2, 0) is 14.8 Å². The maximum Gasteiger partial charge on any atom is 0.320 e. The van der Waals surface area contributed by atoms with Gasteiger partial charge in [0.25, 0.3) is 0 Å². The van der Waals surface area contributed by atoms with Crippen LogP contribution in [0.25, 0.3) is 0 Å². The largest absolute Gasteiger partial charge is 0.480 e. The molecule has 0 saturated heterocycles. The second kappa shape index (κ2) is 4.94. The fourth-order valence-corrected chi connectivity index (χ4v) is 3.21. The van der Waals surface area contributed by atoms with E-state index in [1.807, 2.05) is 17.5 Å². The van der Waals surface area contributed by atoms with Crippen molar-refractivity contribution in [2.75, 3.05) is 12.8 Å². The number of sulfonamides is 1. The number of thiophene rings is 1.